The van der Waals surface area contributed by atoms with Gasteiger partial charge in [0, 0.05) is 0 Å². The summed E-state index contributed by atoms with van der Waals surface area (Å²) in [5.74, 6) is -4.13. The van der Waals surface area contributed by atoms with Gasteiger partial charge in [0.1, 0.15) is 0 Å². The van der Waals surface area contributed by atoms with Crippen LogP contribution in [-0.4, -0.2) is 27.3 Å². The molecule has 1 aromatic rings. The van der Waals surface area contributed by atoms with Crippen molar-refractivity contribution in [2.45, 2.75) is 13.0 Å². The third-order valence-electron chi connectivity index (χ3n) is 2.24. The zero-order valence-electron chi connectivity index (χ0n) is 8.46. The molecule has 0 bridgehead atoms. The Labute approximate surface area is 92.0 Å². The highest BCUT2D eigenvalue weighted by molar-refractivity contribution is 5.93. The van der Waals surface area contributed by atoms with Gasteiger partial charge in [0.05, 0.1) is 6.61 Å². The Morgan fingerprint density at radius 1 is 1.00 bits per heavy atom. The fraction of sp³-hybridized carbons (Fsp3) is 0.273. The number of hydrogen-bond donors (Lipinski definition) is 3. The first-order valence-corrected chi connectivity index (χ1v) is 4.69. The molecule has 86 valence electrons. The molecule has 0 atom stereocenters. The lowest BCUT2D eigenvalue weighted by Crippen LogP contribution is -2.25. The van der Waals surface area contributed by atoms with E-state index >= 15 is 0 Å². The number of carboxylic acids is 2. The molecule has 0 saturated carbocycles. The van der Waals surface area contributed by atoms with Gasteiger partial charge < -0.3 is 15.3 Å². The fourth-order valence-electron chi connectivity index (χ4n) is 1.30. The van der Waals surface area contributed by atoms with Crippen LogP contribution in [0.15, 0.2) is 24.3 Å². The molecule has 0 saturated heterocycles. The van der Waals surface area contributed by atoms with Gasteiger partial charge in [-0.05, 0) is 17.5 Å². The molecular formula is C11H12O5. The minimum absolute atomic E-state index is 0.0592. The molecule has 1 rings (SSSR count). The van der Waals surface area contributed by atoms with Gasteiger partial charge in [-0.2, -0.15) is 0 Å². The summed E-state index contributed by atoms with van der Waals surface area (Å²) in [6, 6.07) is 6.50. The Bertz CT molecular complexity index is 368. The van der Waals surface area contributed by atoms with Crippen LogP contribution in [0.4, 0.5) is 0 Å². The van der Waals surface area contributed by atoms with Gasteiger partial charge in [0.25, 0.3) is 0 Å². The molecule has 0 aliphatic heterocycles. The Balaban J connectivity index is 2.77. The summed E-state index contributed by atoms with van der Waals surface area (Å²) in [6.45, 7) is -0.0957. The quantitative estimate of drug-likeness (QED) is 0.633. The SMILES string of the molecule is O=C(O)C(Cc1ccc(CO)cc1)C(=O)O. The van der Waals surface area contributed by atoms with E-state index < -0.39 is 17.9 Å². The molecule has 0 unspecified atom stereocenters. The largest absolute Gasteiger partial charge is 0.481 e. The lowest BCUT2D eigenvalue weighted by molar-refractivity contribution is -0.154. The van der Waals surface area contributed by atoms with Crippen LogP contribution in [0.1, 0.15) is 11.1 Å². The number of hydrogen-bond acceptors (Lipinski definition) is 3. The van der Waals surface area contributed by atoms with E-state index in [1.807, 2.05) is 0 Å². The zero-order chi connectivity index (χ0) is 12.1. The Kier molecular flexibility index (Phi) is 4.02. The molecule has 0 radical (unpaired) electrons. The molecule has 16 heavy (non-hydrogen) atoms. The highest BCUT2D eigenvalue weighted by atomic mass is 16.4. The fourth-order valence-corrected chi connectivity index (χ4v) is 1.30. The number of aliphatic carboxylic acids is 2. The summed E-state index contributed by atoms with van der Waals surface area (Å²) in [6.07, 6.45) is -0.0592. The van der Waals surface area contributed by atoms with Gasteiger partial charge in [-0.1, -0.05) is 24.3 Å². The standard InChI is InChI=1S/C11H12O5/c12-6-8-3-1-7(2-4-8)5-9(10(13)14)11(15)16/h1-4,9,12H,5-6H2,(H,13,14)(H,15,16). The van der Waals surface area contributed by atoms with Crippen molar-refractivity contribution >= 4 is 11.9 Å². The van der Waals surface area contributed by atoms with Gasteiger partial charge in [-0.25, -0.2) is 0 Å². The molecule has 0 spiro atoms. The van der Waals surface area contributed by atoms with E-state index in [2.05, 4.69) is 0 Å². The number of aliphatic hydroxyl groups is 1. The van der Waals surface area contributed by atoms with Gasteiger partial charge in [0.2, 0.25) is 0 Å². The van der Waals surface area contributed by atoms with E-state index in [9.17, 15) is 9.59 Å². The van der Waals surface area contributed by atoms with Crippen LogP contribution in [0.25, 0.3) is 0 Å². The van der Waals surface area contributed by atoms with Crippen LogP contribution in [-0.2, 0) is 22.6 Å². The molecule has 0 heterocycles. The Hall–Kier alpha value is -1.88. The molecule has 5 nitrogen and oxygen atoms in total. The normalized spacial score (nSPS) is 10.4. The monoisotopic (exact) mass is 224 g/mol. The summed E-state index contributed by atoms with van der Waals surface area (Å²) in [4.78, 5) is 21.3. The van der Waals surface area contributed by atoms with E-state index in [0.717, 1.165) is 0 Å². The summed E-state index contributed by atoms with van der Waals surface area (Å²) in [5, 5.41) is 26.2. The van der Waals surface area contributed by atoms with Crippen molar-refractivity contribution in [3.05, 3.63) is 35.4 Å². The summed E-state index contributed by atoms with van der Waals surface area (Å²) in [7, 11) is 0. The van der Waals surface area contributed by atoms with E-state index in [-0.39, 0.29) is 13.0 Å². The van der Waals surface area contributed by atoms with Crippen molar-refractivity contribution < 1.29 is 24.9 Å². The molecule has 0 fully saturated rings. The van der Waals surface area contributed by atoms with Crippen LogP contribution in [0.2, 0.25) is 0 Å². The third-order valence-corrected chi connectivity index (χ3v) is 2.24. The lowest BCUT2D eigenvalue weighted by atomic mass is 9.99. The molecule has 0 aliphatic carbocycles. The molecule has 0 amide bonds. The minimum atomic E-state index is -1.43. The van der Waals surface area contributed by atoms with Crippen LogP contribution >= 0.6 is 0 Å². The van der Waals surface area contributed by atoms with Gasteiger partial charge in [-0.15, -0.1) is 0 Å². The summed E-state index contributed by atoms with van der Waals surface area (Å²) >= 11 is 0. The molecule has 0 aromatic heterocycles. The third kappa shape index (κ3) is 3.06. The number of rotatable bonds is 5. The van der Waals surface area contributed by atoms with Crippen molar-refractivity contribution in [3.8, 4) is 0 Å². The topological polar surface area (TPSA) is 94.8 Å². The van der Waals surface area contributed by atoms with E-state index in [1.165, 1.54) is 0 Å². The summed E-state index contributed by atoms with van der Waals surface area (Å²) in [5.41, 5.74) is 1.32. The van der Waals surface area contributed by atoms with Crippen molar-refractivity contribution in [2.24, 2.45) is 5.92 Å². The van der Waals surface area contributed by atoms with Crippen LogP contribution in [0, 0.1) is 5.92 Å². The first-order chi connectivity index (χ1) is 7.54. The number of carboxylic acid groups (broad SMARTS) is 2. The first kappa shape index (κ1) is 12.2. The van der Waals surface area contributed by atoms with Crippen molar-refractivity contribution in [2.75, 3.05) is 0 Å². The minimum Gasteiger partial charge on any atom is -0.481 e. The molecular weight excluding hydrogens is 212 g/mol. The molecule has 0 aliphatic rings. The average molecular weight is 224 g/mol. The average Bonchev–Trinajstić information content (AvgIpc) is 2.25. The van der Waals surface area contributed by atoms with Crippen molar-refractivity contribution in [1.29, 1.82) is 0 Å². The molecule has 1 aromatic carbocycles. The predicted molar refractivity (Wildman–Crippen MR) is 54.8 cm³/mol. The van der Waals surface area contributed by atoms with Gasteiger partial charge in [0.15, 0.2) is 5.92 Å². The second-order valence-electron chi connectivity index (χ2n) is 3.41. The number of benzene rings is 1. The predicted octanol–water partition coefficient (Wildman–Crippen LogP) is 0.507. The van der Waals surface area contributed by atoms with Crippen LogP contribution in [0.3, 0.4) is 0 Å². The van der Waals surface area contributed by atoms with E-state index in [4.69, 9.17) is 15.3 Å². The first-order valence-electron chi connectivity index (χ1n) is 4.69. The lowest BCUT2D eigenvalue weighted by Gasteiger charge is -2.07. The van der Waals surface area contributed by atoms with Crippen LogP contribution in [0.5, 0.6) is 0 Å². The van der Waals surface area contributed by atoms with Crippen molar-refractivity contribution in [3.63, 3.8) is 0 Å². The Morgan fingerprint density at radius 2 is 1.44 bits per heavy atom. The number of aliphatic hydroxyl groups excluding tert-OH is 1. The summed E-state index contributed by atoms with van der Waals surface area (Å²) < 4.78 is 0. The van der Waals surface area contributed by atoms with E-state index in [0.29, 0.717) is 11.1 Å². The van der Waals surface area contributed by atoms with Crippen LogP contribution < -0.4 is 0 Å². The van der Waals surface area contributed by atoms with Crippen molar-refractivity contribution in [1.82, 2.24) is 0 Å². The highest BCUT2D eigenvalue weighted by Gasteiger charge is 2.25. The van der Waals surface area contributed by atoms with Gasteiger partial charge in [-0.3, -0.25) is 9.59 Å². The van der Waals surface area contributed by atoms with Gasteiger partial charge >= 0.3 is 11.9 Å². The highest BCUT2D eigenvalue weighted by Crippen LogP contribution is 2.11. The zero-order valence-corrected chi connectivity index (χ0v) is 8.46. The second-order valence-corrected chi connectivity index (χ2v) is 3.41. The molecule has 3 N–H and O–H groups in total. The smallest absolute Gasteiger partial charge is 0.318 e. The van der Waals surface area contributed by atoms with E-state index in [1.54, 1.807) is 24.3 Å². The maximum absolute atomic E-state index is 10.6. The number of carbonyl (C=O) groups is 2. The maximum atomic E-state index is 10.6. The maximum Gasteiger partial charge on any atom is 0.318 e. The molecule has 5 heteroatoms. The Morgan fingerprint density at radius 3 is 1.81 bits per heavy atom. The second kappa shape index (κ2) is 5.27.